The molecule has 258 valence electrons. The van der Waals surface area contributed by atoms with Gasteiger partial charge in [-0.05, 0) is 62.9 Å². The zero-order valence-corrected chi connectivity index (χ0v) is 27.7. The number of carboxylic acid groups (broad SMARTS) is 1. The number of benzene rings is 1. The van der Waals surface area contributed by atoms with Gasteiger partial charge in [-0.3, -0.25) is 14.1 Å². The fourth-order valence-electron chi connectivity index (χ4n) is 5.39. The molecule has 2 unspecified atom stereocenters. The number of nitrogens with zero attached hydrogens (tertiary/aromatic N) is 5. The van der Waals surface area contributed by atoms with Crippen molar-refractivity contribution >= 4 is 50.4 Å². The third kappa shape index (κ3) is 7.26. The number of carbonyl (C=O) groups is 3. The number of aromatic nitrogens is 3. The molecule has 2 aromatic heterocycles. The number of fused-ring (bicyclic) bond motifs is 1. The van der Waals surface area contributed by atoms with Crippen LogP contribution in [0, 0.1) is 0 Å². The Balaban J connectivity index is 1.32. The molecule has 2 aliphatic rings. The van der Waals surface area contributed by atoms with E-state index in [1.54, 1.807) is 6.07 Å². The lowest BCUT2D eigenvalue weighted by Gasteiger charge is -2.50. The van der Waals surface area contributed by atoms with Gasteiger partial charge in [-0.15, -0.1) is 20.3 Å². The number of ether oxygens (including phenoxy) is 1. The molecule has 20 heteroatoms. The maximum absolute atomic E-state index is 13.4. The van der Waals surface area contributed by atoms with E-state index in [4.69, 9.17) is 25.6 Å². The number of β-lactam (4-membered cyclic amide) rings is 1. The van der Waals surface area contributed by atoms with E-state index in [1.165, 1.54) is 19.2 Å². The fourth-order valence-corrected chi connectivity index (χ4v) is 6.39. The maximum Gasteiger partial charge on any atom is 0.418 e. The van der Waals surface area contributed by atoms with Crippen LogP contribution in [0.4, 0.5) is 5.13 Å². The number of nitrogens with two attached hydrogens (primary N) is 2. The summed E-state index contributed by atoms with van der Waals surface area (Å²) in [7, 11) is -3.07. The fraction of sp³-hybridized carbons (Fsp3) is 0.429. The van der Waals surface area contributed by atoms with Gasteiger partial charge >= 0.3 is 16.4 Å². The number of rotatable bonds is 13. The lowest BCUT2D eigenvalue weighted by Crippen LogP contribution is -2.76. The number of hydrogen-bond donors (Lipinski definition) is 5. The summed E-state index contributed by atoms with van der Waals surface area (Å²) in [5.74, 6) is -2.91. The number of aryl methyl sites for hydroxylation is 3. The zero-order chi connectivity index (χ0) is 35.0. The quantitative estimate of drug-likeness (QED) is 0.0507. The Bertz CT molecular complexity index is 1870. The molecule has 48 heavy (non-hydrogen) atoms. The van der Waals surface area contributed by atoms with Crippen molar-refractivity contribution in [2.45, 2.75) is 63.4 Å². The van der Waals surface area contributed by atoms with Crippen LogP contribution in [0.2, 0.25) is 0 Å². The summed E-state index contributed by atoms with van der Waals surface area (Å²) in [6, 6.07) is 4.31. The lowest BCUT2D eigenvalue weighted by molar-refractivity contribution is -0.753. The van der Waals surface area contributed by atoms with Gasteiger partial charge < -0.3 is 31.5 Å². The molecule has 0 spiro atoms. The van der Waals surface area contributed by atoms with Gasteiger partial charge in [0, 0.05) is 5.38 Å². The predicted molar refractivity (Wildman–Crippen MR) is 169 cm³/mol. The van der Waals surface area contributed by atoms with Gasteiger partial charge in [-0.2, -0.15) is 18.2 Å². The van der Waals surface area contributed by atoms with Crippen LogP contribution < -0.4 is 26.2 Å². The van der Waals surface area contributed by atoms with E-state index in [0.717, 1.165) is 41.0 Å². The first-order valence-corrected chi connectivity index (χ1v) is 16.9. The third-order valence-corrected chi connectivity index (χ3v) is 8.93. The second-order valence-electron chi connectivity index (χ2n) is 11.7. The molecule has 0 aliphatic carbocycles. The molecule has 3 aromatic rings. The van der Waals surface area contributed by atoms with Crippen molar-refractivity contribution in [2.24, 2.45) is 17.9 Å². The summed E-state index contributed by atoms with van der Waals surface area (Å²) in [6.07, 6.45) is 2.98. The summed E-state index contributed by atoms with van der Waals surface area (Å²) in [5, 5.41) is 18.1. The smallest absolute Gasteiger partial charge is 0.418 e. The lowest BCUT2D eigenvalue weighted by atomic mass is 9.84. The largest absolute Gasteiger partial charge is 0.485 e. The Morgan fingerprint density at radius 3 is 2.71 bits per heavy atom. The van der Waals surface area contributed by atoms with Gasteiger partial charge in [-0.1, -0.05) is 11.2 Å². The number of anilines is 1. The molecule has 0 radical (unpaired) electrons. The van der Waals surface area contributed by atoms with E-state index in [9.17, 15) is 27.9 Å². The van der Waals surface area contributed by atoms with E-state index in [-0.39, 0.29) is 17.2 Å². The van der Waals surface area contributed by atoms with Crippen LogP contribution in [0.15, 0.2) is 41.1 Å². The molecule has 2 aliphatic heterocycles. The van der Waals surface area contributed by atoms with Crippen molar-refractivity contribution in [3.8, 4) is 16.9 Å². The van der Waals surface area contributed by atoms with Crippen molar-refractivity contribution in [3.63, 3.8) is 0 Å². The topological polar surface area (TPSA) is 255 Å². The summed E-state index contributed by atoms with van der Waals surface area (Å²) in [5.41, 5.74) is 12.2. The van der Waals surface area contributed by atoms with Crippen molar-refractivity contribution < 1.29 is 51.0 Å². The van der Waals surface area contributed by atoms with E-state index in [0.29, 0.717) is 23.8 Å². The number of carboxylic acids is 1. The number of oxime groups is 1. The summed E-state index contributed by atoms with van der Waals surface area (Å²) >= 11 is 0.974. The Labute approximate surface area is 278 Å². The molecule has 3 atom stereocenters. The normalized spacial score (nSPS) is 19.6. The molecular weight excluding hydrogens is 672 g/mol. The molecule has 1 saturated heterocycles. The Hall–Kier alpha value is -4.63. The van der Waals surface area contributed by atoms with Gasteiger partial charge in [0.25, 0.3) is 17.9 Å². The molecule has 0 saturated carbocycles. The average Bonchev–Trinajstić information content (AvgIpc) is 3.63. The molecule has 18 nitrogen and oxygen atoms in total. The summed E-state index contributed by atoms with van der Waals surface area (Å²) in [4.78, 5) is 47.7. The Kier molecular flexibility index (Phi) is 9.74. The van der Waals surface area contributed by atoms with E-state index in [2.05, 4.69) is 24.4 Å². The molecule has 0 bridgehead atoms. The molecule has 5 rings (SSSR count). The minimum Gasteiger partial charge on any atom is -0.485 e. The number of nitrogen functional groups attached to an aromatic ring is 1. The standard InChI is InChI=1S/C28H34N8O10S2/c1-28(2)23(25(38)36(28)46-48(41,42)43)32-24(37)21(18-14-47-27(30)31-18)33-45-22(26(39)40)20-8-6-16-11-15(5-7-19(16)44-20)17-12-34(3)35(13-17)10-4-9-29/h5,7,11-14,20,22-23H,4,6,8-10,29H2,1-3H3,(H4-,30,31,32,37,39,40,41,42,43)/p+1/b33-21-/t20?,22-,23?/m0/s1. The van der Waals surface area contributed by atoms with Crippen LogP contribution in [0.3, 0.4) is 0 Å². The summed E-state index contributed by atoms with van der Waals surface area (Å²) < 4.78 is 45.7. The number of hydrogen-bond acceptors (Lipinski definition) is 13. The minimum atomic E-state index is -5.02. The molecule has 2 amide bonds. The van der Waals surface area contributed by atoms with Gasteiger partial charge in [0.05, 0.1) is 23.8 Å². The first kappa shape index (κ1) is 34.7. The molecule has 1 aromatic carbocycles. The number of hydroxylamine groups is 2. The van der Waals surface area contributed by atoms with Crippen LogP contribution in [0.5, 0.6) is 5.75 Å². The minimum absolute atomic E-state index is 0.0672. The molecule has 4 heterocycles. The Morgan fingerprint density at radius 1 is 1.33 bits per heavy atom. The first-order valence-electron chi connectivity index (χ1n) is 14.6. The highest BCUT2D eigenvalue weighted by molar-refractivity contribution is 7.80. The van der Waals surface area contributed by atoms with Crippen LogP contribution in [-0.4, -0.2) is 86.6 Å². The third-order valence-electron chi connectivity index (χ3n) is 7.92. The highest BCUT2D eigenvalue weighted by Crippen LogP contribution is 2.34. The number of carbonyl (C=O) groups excluding carboxylic acids is 2. The second kappa shape index (κ2) is 13.5. The van der Waals surface area contributed by atoms with Crippen LogP contribution >= 0.6 is 11.3 Å². The first-order chi connectivity index (χ1) is 22.6. The van der Waals surface area contributed by atoms with Gasteiger partial charge in [0.1, 0.15) is 23.6 Å². The van der Waals surface area contributed by atoms with E-state index >= 15 is 0 Å². The number of aliphatic carboxylic acids is 1. The molecule has 1 fully saturated rings. The molecular formula is C28H35N8O10S2+. The second-order valence-corrected chi connectivity index (χ2v) is 13.6. The maximum atomic E-state index is 13.4. The highest BCUT2D eigenvalue weighted by Gasteiger charge is 2.58. The van der Waals surface area contributed by atoms with Crippen molar-refractivity contribution in [2.75, 3.05) is 12.3 Å². The van der Waals surface area contributed by atoms with Crippen LogP contribution in [0.25, 0.3) is 11.1 Å². The van der Waals surface area contributed by atoms with Gasteiger partial charge in [0.15, 0.2) is 17.9 Å². The van der Waals surface area contributed by atoms with Crippen molar-refractivity contribution in [1.82, 2.24) is 20.0 Å². The zero-order valence-electron chi connectivity index (χ0n) is 26.1. The molecule has 7 N–H and O–H groups in total. The summed E-state index contributed by atoms with van der Waals surface area (Å²) in [6.45, 7) is 4.11. The van der Waals surface area contributed by atoms with Crippen LogP contribution in [0.1, 0.15) is 37.9 Å². The number of nitrogens with one attached hydrogen (secondary N) is 1. The van der Waals surface area contributed by atoms with E-state index < -0.39 is 57.7 Å². The number of thiazole rings is 1. The van der Waals surface area contributed by atoms with Crippen LogP contribution in [-0.2, 0) is 53.9 Å². The van der Waals surface area contributed by atoms with Gasteiger partial charge in [0.2, 0.25) is 6.20 Å². The average molecular weight is 708 g/mol. The van der Waals surface area contributed by atoms with Crippen molar-refractivity contribution in [3.05, 3.63) is 47.2 Å². The van der Waals surface area contributed by atoms with Crippen molar-refractivity contribution in [1.29, 1.82) is 0 Å². The SMILES string of the molecule is C[n+]1cc(-c2ccc3c(c2)CCC([C@H](O/N=C(\C(=O)NC2C(=O)N(OS(=O)(=O)O)C2(C)C)c2csc(N)n2)C(=O)O)O3)cn1CCCN. The predicted octanol–water partition coefficient (Wildman–Crippen LogP) is -0.225. The number of amides is 2. The van der Waals surface area contributed by atoms with E-state index in [1.807, 2.05) is 36.3 Å². The Morgan fingerprint density at radius 2 is 2.08 bits per heavy atom. The van der Waals surface area contributed by atoms with Gasteiger partial charge in [-0.25, -0.2) is 9.78 Å². The highest BCUT2D eigenvalue weighted by atomic mass is 32.3. The monoisotopic (exact) mass is 707 g/mol.